The second kappa shape index (κ2) is 10.9. The number of anilines is 2. The Labute approximate surface area is 207 Å². The second-order valence-electron chi connectivity index (χ2n) is 8.98. The molecule has 0 bridgehead atoms. The summed E-state index contributed by atoms with van der Waals surface area (Å²) in [6.45, 7) is 0.895. The number of amides is 3. The van der Waals surface area contributed by atoms with Crippen molar-refractivity contribution in [2.45, 2.75) is 51.2 Å². The lowest BCUT2D eigenvalue weighted by molar-refractivity contribution is -0.138. The number of carbonyl (C=O) groups is 3. The SMILES string of the molecule is O=C(O)C[C@H]1CC[C@H](OC(=O)N2CCc3cc(NC(=O)Nc4cc(Cl)ccc4F)ccc3C2)CC1. The molecule has 0 spiro atoms. The van der Waals surface area contributed by atoms with E-state index in [9.17, 15) is 18.8 Å². The number of carboxylic acids is 1. The molecule has 0 aromatic heterocycles. The maximum Gasteiger partial charge on any atom is 0.410 e. The molecular formula is C25H27ClFN3O5. The molecule has 3 N–H and O–H groups in total. The minimum Gasteiger partial charge on any atom is -0.481 e. The van der Waals surface area contributed by atoms with E-state index in [1.54, 1.807) is 11.0 Å². The van der Waals surface area contributed by atoms with Crippen LogP contribution in [0.15, 0.2) is 36.4 Å². The van der Waals surface area contributed by atoms with Crippen molar-refractivity contribution in [3.8, 4) is 0 Å². The van der Waals surface area contributed by atoms with Gasteiger partial charge in [0.25, 0.3) is 0 Å². The Bertz CT molecular complexity index is 1120. The molecule has 1 aliphatic heterocycles. The van der Waals surface area contributed by atoms with Gasteiger partial charge in [0.1, 0.15) is 11.9 Å². The van der Waals surface area contributed by atoms with Crippen LogP contribution in [0.1, 0.15) is 43.2 Å². The Morgan fingerprint density at radius 3 is 2.57 bits per heavy atom. The Morgan fingerprint density at radius 2 is 1.83 bits per heavy atom. The average Bonchev–Trinajstić information content (AvgIpc) is 2.82. The Kier molecular flexibility index (Phi) is 7.75. The van der Waals surface area contributed by atoms with Crippen molar-refractivity contribution in [2.75, 3.05) is 17.2 Å². The van der Waals surface area contributed by atoms with Crippen LogP contribution in [0.2, 0.25) is 5.02 Å². The topological polar surface area (TPSA) is 108 Å². The maximum atomic E-state index is 13.8. The Balaban J connectivity index is 1.28. The zero-order chi connectivity index (χ0) is 24.9. The molecule has 0 radical (unpaired) electrons. The van der Waals surface area contributed by atoms with Gasteiger partial charge in [-0.25, -0.2) is 14.0 Å². The third-order valence-corrected chi connectivity index (χ3v) is 6.67. The molecule has 2 aliphatic rings. The van der Waals surface area contributed by atoms with Crippen LogP contribution in [0, 0.1) is 11.7 Å². The molecule has 1 aliphatic carbocycles. The van der Waals surface area contributed by atoms with Crippen molar-refractivity contribution in [3.63, 3.8) is 0 Å². The second-order valence-corrected chi connectivity index (χ2v) is 9.42. The molecule has 10 heteroatoms. The largest absolute Gasteiger partial charge is 0.481 e. The number of hydrogen-bond acceptors (Lipinski definition) is 4. The number of nitrogens with one attached hydrogen (secondary N) is 2. The number of nitrogens with zero attached hydrogens (tertiary/aromatic N) is 1. The van der Waals surface area contributed by atoms with E-state index in [1.807, 2.05) is 12.1 Å². The molecular weight excluding hydrogens is 477 g/mol. The number of aliphatic carboxylic acids is 1. The van der Waals surface area contributed by atoms with Gasteiger partial charge in [0.2, 0.25) is 0 Å². The average molecular weight is 504 g/mol. The van der Waals surface area contributed by atoms with E-state index in [0.29, 0.717) is 43.1 Å². The first-order valence-corrected chi connectivity index (χ1v) is 12.0. The van der Waals surface area contributed by atoms with E-state index < -0.39 is 17.8 Å². The fourth-order valence-corrected chi connectivity index (χ4v) is 4.75. The summed E-state index contributed by atoms with van der Waals surface area (Å²) in [5.41, 5.74) is 2.51. The third kappa shape index (κ3) is 6.63. The van der Waals surface area contributed by atoms with Gasteiger partial charge >= 0.3 is 18.1 Å². The van der Waals surface area contributed by atoms with Gasteiger partial charge in [-0.05, 0) is 79.5 Å². The maximum absolute atomic E-state index is 13.8. The minimum absolute atomic E-state index is 0.0162. The normalized spacial score (nSPS) is 19.4. The number of rotatable bonds is 5. The van der Waals surface area contributed by atoms with E-state index in [2.05, 4.69) is 10.6 Å². The van der Waals surface area contributed by atoms with Crippen molar-refractivity contribution in [1.82, 2.24) is 4.90 Å². The van der Waals surface area contributed by atoms with Crippen molar-refractivity contribution < 1.29 is 28.6 Å². The monoisotopic (exact) mass is 503 g/mol. The van der Waals surface area contributed by atoms with Crippen molar-refractivity contribution in [1.29, 1.82) is 0 Å². The Hall–Kier alpha value is -3.33. The quantitative estimate of drug-likeness (QED) is 0.488. The number of ether oxygens (including phenoxy) is 1. The molecule has 4 rings (SSSR count). The van der Waals surface area contributed by atoms with Crippen LogP contribution in [-0.4, -0.2) is 40.7 Å². The summed E-state index contributed by atoms with van der Waals surface area (Å²) >= 11 is 5.86. The lowest BCUT2D eigenvalue weighted by Gasteiger charge is -2.32. The lowest BCUT2D eigenvalue weighted by atomic mass is 9.85. The molecule has 0 atom stereocenters. The smallest absolute Gasteiger partial charge is 0.410 e. The van der Waals surface area contributed by atoms with Crippen LogP contribution in [0.25, 0.3) is 0 Å². The Morgan fingerprint density at radius 1 is 1.06 bits per heavy atom. The molecule has 1 fully saturated rings. The van der Waals surface area contributed by atoms with Gasteiger partial charge in [-0.2, -0.15) is 0 Å². The first-order chi connectivity index (χ1) is 16.8. The molecule has 2 aromatic rings. The van der Waals surface area contributed by atoms with Gasteiger partial charge in [0, 0.05) is 30.2 Å². The summed E-state index contributed by atoms with van der Waals surface area (Å²) in [6.07, 6.45) is 3.11. The van der Waals surface area contributed by atoms with Crippen LogP contribution in [0.3, 0.4) is 0 Å². The van der Waals surface area contributed by atoms with Crippen LogP contribution in [0.4, 0.5) is 25.4 Å². The van der Waals surface area contributed by atoms with Crippen molar-refractivity contribution >= 4 is 41.1 Å². The van der Waals surface area contributed by atoms with Gasteiger partial charge in [-0.3, -0.25) is 4.79 Å². The molecule has 186 valence electrons. The highest BCUT2D eigenvalue weighted by Crippen LogP contribution is 2.30. The lowest BCUT2D eigenvalue weighted by Crippen LogP contribution is -2.39. The van der Waals surface area contributed by atoms with Crippen LogP contribution < -0.4 is 10.6 Å². The standard InChI is InChI=1S/C25H27ClFN3O5/c26-18-4-8-21(27)22(13-18)29-24(33)28-19-5-3-17-14-30(10-9-16(17)12-19)25(34)35-20-6-1-15(2-7-20)11-23(31)32/h3-5,8,12-13,15,20H,1-2,6-7,9-11,14H2,(H,31,32)(H2,28,29,33)/t15-,20-. The summed E-state index contributed by atoms with van der Waals surface area (Å²) < 4.78 is 19.5. The first kappa shape index (κ1) is 24.8. The molecule has 1 saturated carbocycles. The summed E-state index contributed by atoms with van der Waals surface area (Å²) in [5, 5.41) is 14.4. The summed E-state index contributed by atoms with van der Waals surface area (Å²) in [6, 6.07) is 8.74. The number of hydrogen-bond donors (Lipinski definition) is 3. The highest BCUT2D eigenvalue weighted by Gasteiger charge is 2.28. The number of halogens is 2. The number of carboxylic acid groups (broad SMARTS) is 1. The van der Waals surface area contributed by atoms with Crippen LogP contribution in [-0.2, 0) is 22.5 Å². The van der Waals surface area contributed by atoms with E-state index in [1.165, 1.54) is 18.2 Å². The summed E-state index contributed by atoms with van der Waals surface area (Å²) in [5.74, 6) is -1.22. The molecule has 3 amide bonds. The van der Waals surface area contributed by atoms with Gasteiger partial charge < -0.3 is 25.4 Å². The molecule has 0 unspecified atom stereocenters. The van der Waals surface area contributed by atoms with E-state index in [0.717, 1.165) is 24.0 Å². The van der Waals surface area contributed by atoms with Crippen LogP contribution >= 0.6 is 11.6 Å². The minimum atomic E-state index is -0.786. The predicted molar refractivity (Wildman–Crippen MR) is 129 cm³/mol. The van der Waals surface area contributed by atoms with E-state index >= 15 is 0 Å². The van der Waals surface area contributed by atoms with Gasteiger partial charge in [0.05, 0.1) is 5.69 Å². The molecule has 1 heterocycles. The number of carbonyl (C=O) groups excluding carboxylic acids is 2. The fourth-order valence-electron chi connectivity index (χ4n) is 4.58. The highest BCUT2D eigenvalue weighted by atomic mass is 35.5. The zero-order valence-corrected chi connectivity index (χ0v) is 19.8. The van der Waals surface area contributed by atoms with Gasteiger partial charge in [0.15, 0.2) is 0 Å². The summed E-state index contributed by atoms with van der Waals surface area (Å²) in [7, 11) is 0. The van der Waals surface area contributed by atoms with E-state index in [-0.39, 0.29) is 30.2 Å². The molecule has 35 heavy (non-hydrogen) atoms. The van der Waals surface area contributed by atoms with E-state index in [4.69, 9.17) is 21.4 Å². The molecule has 8 nitrogen and oxygen atoms in total. The molecule has 0 saturated heterocycles. The van der Waals surface area contributed by atoms with Crippen molar-refractivity contribution in [3.05, 3.63) is 58.4 Å². The summed E-state index contributed by atoms with van der Waals surface area (Å²) in [4.78, 5) is 37.5. The zero-order valence-electron chi connectivity index (χ0n) is 19.1. The number of benzene rings is 2. The first-order valence-electron chi connectivity index (χ1n) is 11.6. The number of fused-ring (bicyclic) bond motifs is 1. The van der Waals surface area contributed by atoms with Crippen molar-refractivity contribution in [2.24, 2.45) is 5.92 Å². The predicted octanol–water partition coefficient (Wildman–Crippen LogP) is 5.65. The van der Waals surface area contributed by atoms with Gasteiger partial charge in [-0.1, -0.05) is 17.7 Å². The van der Waals surface area contributed by atoms with Gasteiger partial charge in [-0.15, -0.1) is 0 Å². The third-order valence-electron chi connectivity index (χ3n) is 6.44. The molecule has 2 aromatic carbocycles. The van der Waals surface area contributed by atoms with Crippen LogP contribution in [0.5, 0.6) is 0 Å². The fraction of sp³-hybridized carbons (Fsp3) is 0.400. The number of urea groups is 1. The highest BCUT2D eigenvalue weighted by molar-refractivity contribution is 6.30.